The molecule has 0 amide bonds. The van der Waals surface area contributed by atoms with E-state index in [0.29, 0.717) is 5.92 Å². The Balaban J connectivity index is 2.01. The third-order valence-corrected chi connectivity index (χ3v) is 3.30. The molecule has 0 bridgehead atoms. The van der Waals surface area contributed by atoms with E-state index in [0.717, 1.165) is 12.0 Å². The zero-order valence-electron chi connectivity index (χ0n) is 8.70. The zero-order valence-corrected chi connectivity index (χ0v) is 8.70. The van der Waals surface area contributed by atoms with Crippen molar-refractivity contribution >= 4 is 0 Å². The van der Waals surface area contributed by atoms with E-state index >= 15 is 0 Å². The van der Waals surface area contributed by atoms with Crippen LogP contribution in [0.3, 0.4) is 0 Å². The van der Waals surface area contributed by atoms with Gasteiger partial charge in [-0.05, 0) is 25.3 Å². The van der Waals surface area contributed by atoms with Gasteiger partial charge in [-0.2, -0.15) is 0 Å². The van der Waals surface area contributed by atoms with Crippen molar-refractivity contribution in [3.8, 4) is 0 Å². The van der Waals surface area contributed by atoms with Crippen molar-refractivity contribution in [2.45, 2.75) is 44.6 Å². The SMILES string of the molecule is CC(O)(CC1CCCC1)c1ccoc1. The molecule has 1 aromatic rings. The number of rotatable bonds is 3. The van der Waals surface area contributed by atoms with Crippen LogP contribution < -0.4 is 0 Å². The maximum Gasteiger partial charge on any atom is 0.0963 e. The lowest BCUT2D eigenvalue weighted by molar-refractivity contribution is 0.0302. The first kappa shape index (κ1) is 9.78. The van der Waals surface area contributed by atoms with E-state index in [4.69, 9.17) is 4.42 Å². The van der Waals surface area contributed by atoms with Gasteiger partial charge in [0.2, 0.25) is 0 Å². The Morgan fingerprint density at radius 1 is 1.50 bits per heavy atom. The smallest absolute Gasteiger partial charge is 0.0963 e. The molecule has 0 aromatic carbocycles. The second-order valence-electron chi connectivity index (χ2n) is 4.64. The summed E-state index contributed by atoms with van der Waals surface area (Å²) < 4.78 is 5.01. The molecule has 2 rings (SSSR count). The first-order chi connectivity index (χ1) is 6.68. The molecule has 78 valence electrons. The van der Waals surface area contributed by atoms with E-state index in [-0.39, 0.29) is 0 Å². The van der Waals surface area contributed by atoms with Gasteiger partial charge in [0.05, 0.1) is 18.1 Å². The molecule has 1 saturated carbocycles. The summed E-state index contributed by atoms with van der Waals surface area (Å²) in [5.74, 6) is 0.694. The van der Waals surface area contributed by atoms with Gasteiger partial charge in [0.1, 0.15) is 0 Å². The Hall–Kier alpha value is -0.760. The zero-order chi connectivity index (χ0) is 10.0. The van der Waals surface area contributed by atoms with Crippen molar-refractivity contribution in [1.82, 2.24) is 0 Å². The third kappa shape index (κ3) is 2.01. The number of furan rings is 1. The highest BCUT2D eigenvalue weighted by atomic mass is 16.3. The van der Waals surface area contributed by atoms with Gasteiger partial charge in [0.25, 0.3) is 0 Å². The second kappa shape index (κ2) is 3.77. The van der Waals surface area contributed by atoms with E-state index < -0.39 is 5.60 Å². The number of hydrogen-bond donors (Lipinski definition) is 1. The molecule has 0 spiro atoms. The standard InChI is InChI=1S/C12H18O2/c1-12(13,11-6-7-14-9-11)8-10-4-2-3-5-10/h6-7,9-10,13H,2-5,8H2,1H3. The lowest BCUT2D eigenvalue weighted by atomic mass is 9.87. The minimum absolute atomic E-state index is 0.694. The van der Waals surface area contributed by atoms with Crippen LogP contribution in [0.25, 0.3) is 0 Å². The minimum Gasteiger partial charge on any atom is -0.472 e. The van der Waals surface area contributed by atoms with Gasteiger partial charge in [0.15, 0.2) is 0 Å². The first-order valence-corrected chi connectivity index (χ1v) is 5.43. The summed E-state index contributed by atoms with van der Waals surface area (Å²) in [5.41, 5.74) is 0.201. The largest absolute Gasteiger partial charge is 0.472 e. The molecule has 1 atom stereocenters. The minimum atomic E-state index is -0.706. The number of hydrogen-bond acceptors (Lipinski definition) is 2. The van der Waals surface area contributed by atoms with Gasteiger partial charge in [-0.1, -0.05) is 25.7 Å². The van der Waals surface area contributed by atoms with Crippen LogP contribution in [-0.2, 0) is 5.60 Å². The molecule has 1 aliphatic carbocycles. The van der Waals surface area contributed by atoms with Gasteiger partial charge >= 0.3 is 0 Å². The fourth-order valence-corrected chi connectivity index (χ4v) is 2.47. The highest BCUT2D eigenvalue weighted by Gasteiger charge is 2.29. The summed E-state index contributed by atoms with van der Waals surface area (Å²) in [7, 11) is 0. The predicted octanol–water partition coefficient (Wildman–Crippen LogP) is 3.07. The quantitative estimate of drug-likeness (QED) is 0.802. The van der Waals surface area contributed by atoms with E-state index in [1.54, 1.807) is 12.5 Å². The second-order valence-corrected chi connectivity index (χ2v) is 4.64. The maximum absolute atomic E-state index is 10.3. The molecule has 2 heteroatoms. The van der Waals surface area contributed by atoms with Crippen LogP contribution in [-0.4, -0.2) is 5.11 Å². The van der Waals surface area contributed by atoms with Gasteiger partial charge < -0.3 is 9.52 Å². The summed E-state index contributed by atoms with van der Waals surface area (Å²) in [4.78, 5) is 0. The van der Waals surface area contributed by atoms with Crippen molar-refractivity contribution in [3.05, 3.63) is 24.2 Å². The Morgan fingerprint density at radius 3 is 2.79 bits per heavy atom. The molecule has 14 heavy (non-hydrogen) atoms. The fraction of sp³-hybridized carbons (Fsp3) is 0.667. The molecule has 1 aliphatic rings. The maximum atomic E-state index is 10.3. The van der Waals surface area contributed by atoms with Gasteiger partial charge in [-0.3, -0.25) is 0 Å². The molecule has 0 saturated heterocycles. The Labute approximate surface area is 84.9 Å². The van der Waals surface area contributed by atoms with E-state index in [1.165, 1.54) is 25.7 Å². The topological polar surface area (TPSA) is 33.4 Å². The van der Waals surface area contributed by atoms with Gasteiger partial charge in [-0.15, -0.1) is 0 Å². The van der Waals surface area contributed by atoms with Crippen LogP contribution in [0.15, 0.2) is 23.0 Å². The Morgan fingerprint density at radius 2 is 2.21 bits per heavy atom. The summed E-state index contributed by atoms with van der Waals surface area (Å²) in [5, 5.41) is 10.3. The molecule has 1 N–H and O–H groups in total. The van der Waals surface area contributed by atoms with Crippen LogP contribution in [0.5, 0.6) is 0 Å². The average molecular weight is 194 g/mol. The van der Waals surface area contributed by atoms with E-state index in [9.17, 15) is 5.11 Å². The normalized spacial score (nSPS) is 22.4. The third-order valence-electron chi connectivity index (χ3n) is 3.30. The highest BCUT2D eigenvalue weighted by molar-refractivity contribution is 5.15. The van der Waals surface area contributed by atoms with Crippen LogP contribution in [0, 0.1) is 5.92 Å². The lowest BCUT2D eigenvalue weighted by Gasteiger charge is -2.25. The lowest BCUT2D eigenvalue weighted by Crippen LogP contribution is -2.23. The van der Waals surface area contributed by atoms with Crippen LogP contribution in [0.2, 0.25) is 0 Å². The van der Waals surface area contributed by atoms with Crippen molar-refractivity contribution in [3.63, 3.8) is 0 Å². The van der Waals surface area contributed by atoms with Crippen LogP contribution in [0.1, 0.15) is 44.6 Å². The van der Waals surface area contributed by atoms with E-state index in [1.807, 2.05) is 13.0 Å². The summed E-state index contributed by atoms with van der Waals surface area (Å²) >= 11 is 0. The van der Waals surface area contributed by atoms with Crippen molar-refractivity contribution in [2.75, 3.05) is 0 Å². The summed E-state index contributed by atoms with van der Waals surface area (Å²) in [6, 6.07) is 1.86. The molecule has 1 aromatic heterocycles. The van der Waals surface area contributed by atoms with Crippen molar-refractivity contribution < 1.29 is 9.52 Å². The first-order valence-electron chi connectivity index (χ1n) is 5.43. The monoisotopic (exact) mass is 194 g/mol. The number of aliphatic hydroxyl groups is 1. The molecule has 1 fully saturated rings. The van der Waals surface area contributed by atoms with Crippen molar-refractivity contribution in [1.29, 1.82) is 0 Å². The molecule has 0 aliphatic heterocycles. The molecule has 1 heterocycles. The fourth-order valence-electron chi connectivity index (χ4n) is 2.47. The highest BCUT2D eigenvalue weighted by Crippen LogP contribution is 2.36. The van der Waals surface area contributed by atoms with Crippen LogP contribution in [0.4, 0.5) is 0 Å². The Kier molecular flexibility index (Phi) is 2.64. The summed E-state index contributed by atoms with van der Waals surface area (Å²) in [6.07, 6.45) is 9.33. The van der Waals surface area contributed by atoms with Gasteiger partial charge in [-0.25, -0.2) is 0 Å². The average Bonchev–Trinajstić information content (AvgIpc) is 2.71. The van der Waals surface area contributed by atoms with E-state index in [2.05, 4.69) is 0 Å². The van der Waals surface area contributed by atoms with Crippen LogP contribution >= 0.6 is 0 Å². The predicted molar refractivity (Wildman–Crippen MR) is 54.9 cm³/mol. The molecule has 2 nitrogen and oxygen atoms in total. The molecular weight excluding hydrogens is 176 g/mol. The molecule has 0 radical (unpaired) electrons. The molecular formula is C12H18O2. The van der Waals surface area contributed by atoms with Crippen molar-refractivity contribution in [2.24, 2.45) is 5.92 Å². The summed E-state index contributed by atoms with van der Waals surface area (Å²) in [6.45, 7) is 1.89. The Bertz CT molecular complexity index is 269. The van der Waals surface area contributed by atoms with Gasteiger partial charge in [0, 0.05) is 5.56 Å². The molecule has 1 unspecified atom stereocenters.